The van der Waals surface area contributed by atoms with Gasteiger partial charge in [0.25, 0.3) is 0 Å². The molecule has 0 saturated carbocycles. The van der Waals surface area contributed by atoms with E-state index in [1.54, 1.807) is 0 Å². The zero-order valence-corrected chi connectivity index (χ0v) is 13.5. The topological polar surface area (TPSA) is 58.4 Å². The predicted octanol–water partition coefficient (Wildman–Crippen LogP) is 1.58. The summed E-state index contributed by atoms with van der Waals surface area (Å²) in [5.74, 6) is 0. The molecule has 0 amide bonds. The van der Waals surface area contributed by atoms with Crippen LogP contribution < -0.4 is 5.59 Å². The van der Waals surface area contributed by atoms with Crippen LogP contribution in [0.2, 0.25) is 0 Å². The van der Waals surface area contributed by atoms with Crippen LogP contribution in [0.1, 0.15) is 58.9 Å². The molecular formula is C14H24BN3O3. The largest absolute Gasteiger partial charge is 0.518 e. The van der Waals surface area contributed by atoms with Crippen molar-refractivity contribution in [2.45, 2.75) is 71.3 Å². The summed E-state index contributed by atoms with van der Waals surface area (Å²) in [6, 6.07) is 0. The molecule has 0 radical (unpaired) electrons. The summed E-state index contributed by atoms with van der Waals surface area (Å²) < 4.78 is 19.7. The summed E-state index contributed by atoms with van der Waals surface area (Å²) >= 11 is 0. The lowest BCUT2D eigenvalue weighted by atomic mass is 9.83. The maximum absolute atomic E-state index is 6.05. The van der Waals surface area contributed by atoms with Crippen molar-refractivity contribution < 1.29 is 14.0 Å². The van der Waals surface area contributed by atoms with Gasteiger partial charge in [-0.25, -0.2) is 4.68 Å². The molecule has 3 heterocycles. The molecule has 0 aliphatic carbocycles. The first-order valence-electron chi connectivity index (χ1n) is 7.71. The maximum Gasteiger partial charge on any atom is 0.518 e. The molecule has 2 aliphatic heterocycles. The highest BCUT2D eigenvalue weighted by Gasteiger charge is 2.53. The second-order valence-electron chi connectivity index (χ2n) is 6.91. The van der Waals surface area contributed by atoms with Gasteiger partial charge in [-0.3, -0.25) is 0 Å². The van der Waals surface area contributed by atoms with Gasteiger partial charge >= 0.3 is 7.12 Å². The highest BCUT2D eigenvalue weighted by molar-refractivity contribution is 6.61. The Morgan fingerprint density at radius 3 is 2.38 bits per heavy atom. The summed E-state index contributed by atoms with van der Waals surface area (Å²) in [5, 5.41) is 8.55. The zero-order valence-electron chi connectivity index (χ0n) is 13.5. The van der Waals surface area contributed by atoms with Gasteiger partial charge < -0.3 is 14.0 Å². The fourth-order valence-electron chi connectivity index (χ4n) is 2.72. The van der Waals surface area contributed by atoms with Crippen molar-refractivity contribution in [3.8, 4) is 0 Å². The first-order valence-corrected chi connectivity index (χ1v) is 7.71. The van der Waals surface area contributed by atoms with Crippen LogP contribution in [-0.2, 0) is 14.0 Å². The minimum absolute atomic E-state index is 0.0116. The van der Waals surface area contributed by atoms with Gasteiger partial charge in [0, 0.05) is 6.61 Å². The van der Waals surface area contributed by atoms with Crippen LogP contribution in [0.25, 0.3) is 0 Å². The summed E-state index contributed by atoms with van der Waals surface area (Å²) in [5.41, 5.74) is 0.980. The summed E-state index contributed by atoms with van der Waals surface area (Å²) in [4.78, 5) is 0. The average Bonchev–Trinajstić information content (AvgIpc) is 2.89. The van der Waals surface area contributed by atoms with Crippen molar-refractivity contribution in [3.63, 3.8) is 0 Å². The Balaban J connectivity index is 1.83. The van der Waals surface area contributed by atoms with Crippen molar-refractivity contribution in [2.24, 2.45) is 0 Å². The highest BCUT2D eigenvalue weighted by atomic mass is 16.7. The van der Waals surface area contributed by atoms with Crippen LogP contribution in [0.4, 0.5) is 0 Å². The van der Waals surface area contributed by atoms with Gasteiger partial charge in [-0.1, -0.05) is 5.21 Å². The number of hydrogen-bond acceptors (Lipinski definition) is 5. The second kappa shape index (κ2) is 5.07. The lowest BCUT2D eigenvalue weighted by Gasteiger charge is -2.32. The number of nitrogens with zero attached hydrogens (tertiary/aromatic N) is 3. The zero-order chi connectivity index (χ0) is 15.3. The molecule has 2 saturated heterocycles. The van der Waals surface area contributed by atoms with Crippen molar-refractivity contribution in [2.75, 3.05) is 6.61 Å². The third kappa shape index (κ3) is 2.51. The monoisotopic (exact) mass is 293 g/mol. The molecule has 0 N–H and O–H groups in total. The van der Waals surface area contributed by atoms with E-state index in [0.29, 0.717) is 0 Å². The molecule has 116 valence electrons. The molecule has 0 spiro atoms. The Hall–Kier alpha value is -0.915. The number of rotatable bonds is 2. The van der Waals surface area contributed by atoms with E-state index >= 15 is 0 Å². The molecule has 1 unspecified atom stereocenters. The predicted molar refractivity (Wildman–Crippen MR) is 79.3 cm³/mol. The van der Waals surface area contributed by atoms with Gasteiger partial charge in [0.1, 0.15) is 5.59 Å². The molecule has 1 aromatic rings. The molecular weight excluding hydrogens is 269 g/mol. The van der Waals surface area contributed by atoms with E-state index in [1.165, 1.54) is 0 Å². The molecule has 21 heavy (non-hydrogen) atoms. The standard InChI is InChI=1S/C14H24BN3O3/c1-10-12(15-20-13(2,3)14(4,5)21-15)16-17-18(10)11-8-6-7-9-19-11/h11H,6-9H2,1-5H3. The normalized spacial score (nSPS) is 28.0. The van der Waals surface area contributed by atoms with Crippen LogP contribution in [-0.4, -0.2) is 39.9 Å². The molecule has 7 heteroatoms. The van der Waals surface area contributed by atoms with Gasteiger partial charge in [0.2, 0.25) is 0 Å². The molecule has 3 rings (SSSR count). The van der Waals surface area contributed by atoms with Gasteiger partial charge in [-0.05, 0) is 53.9 Å². The fraction of sp³-hybridized carbons (Fsp3) is 0.857. The Morgan fingerprint density at radius 2 is 1.81 bits per heavy atom. The van der Waals surface area contributed by atoms with E-state index in [9.17, 15) is 0 Å². The lowest BCUT2D eigenvalue weighted by Crippen LogP contribution is -2.41. The van der Waals surface area contributed by atoms with E-state index in [2.05, 4.69) is 10.3 Å². The average molecular weight is 293 g/mol. The van der Waals surface area contributed by atoms with E-state index < -0.39 is 7.12 Å². The van der Waals surface area contributed by atoms with E-state index in [0.717, 1.165) is 37.2 Å². The number of hydrogen-bond donors (Lipinski definition) is 0. The molecule has 6 nitrogen and oxygen atoms in total. The van der Waals surface area contributed by atoms with Gasteiger partial charge in [-0.15, -0.1) is 5.10 Å². The summed E-state index contributed by atoms with van der Waals surface area (Å²) in [7, 11) is -0.465. The second-order valence-corrected chi connectivity index (χ2v) is 6.91. The van der Waals surface area contributed by atoms with Crippen molar-refractivity contribution >= 4 is 12.7 Å². The maximum atomic E-state index is 6.05. The Morgan fingerprint density at radius 1 is 1.14 bits per heavy atom. The minimum atomic E-state index is -0.465. The molecule has 0 bridgehead atoms. The van der Waals surface area contributed by atoms with Crippen LogP contribution in [0.15, 0.2) is 0 Å². The molecule has 2 aliphatic rings. The Bertz CT molecular complexity index is 508. The first kappa shape index (κ1) is 15.0. The lowest BCUT2D eigenvalue weighted by molar-refractivity contribution is -0.0416. The van der Waals surface area contributed by atoms with E-state index in [4.69, 9.17) is 14.0 Å². The third-order valence-electron chi connectivity index (χ3n) is 4.87. The smallest absolute Gasteiger partial charge is 0.398 e. The highest BCUT2D eigenvalue weighted by Crippen LogP contribution is 2.36. The molecule has 2 fully saturated rings. The Labute approximate surface area is 126 Å². The number of aromatic nitrogens is 3. The quantitative estimate of drug-likeness (QED) is 0.775. The van der Waals surface area contributed by atoms with E-state index in [-0.39, 0.29) is 17.4 Å². The number of ether oxygens (including phenoxy) is 1. The van der Waals surface area contributed by atoms with Gasteiger partial charge in [0.15, 0.2) is 6.23 Å². The molecule has 1 atom stereocenters. The SMILES string of the molecule is Cc1c(B2OC(C)(C)C(C)(C)O2)nnn1C1CCCCO1. The van der Waals surface area contributed by atoms with E-state index in [1.807, 2.05) is 39.3 Å². The molecule has 0 aromatic carbocycles. The minimum Gasteiger partial charge on any atom is -0.398 e. The van der Waals surface area contributed by atoms with Gasteiger partial charge in [-0.2, -0.15) is 0 Å². The van der Waals surface area contributed by atoms with Crippen LogP contribution in [0.3, 0.4) is 0 Å². The van der Waals surface area contributed by atoms with Crippen molar-refractivity contribution in [1.29, 1.82) is 0 Å². The van der Waals surface area contributed by atoms with Gasteiger partial charge in [0.05, 0.1) is 16.9 Å². The first-order chi connectivity index (χ1) is 9.82. The van der Waals surface area contributed by atoms with Crippen LogP contribution in [0, 0.1) is 6.92 Å². The van der Waals surface area contributed by atoms with Crippen LogP contribution in [0.5, 0.6) is 0 Å². The molecule has 1 aromatic heterocycles. The summed E-state index contributed by atoms with van der Waals surface area (Å²) in [6.07, 6.45) is 3.25. The third-order valence-corrected chi connectivity index (χ3v) is 4.87. The van der Waals surface area contributed by atoms with Crippen molar-refractivity contribution in [1.82, 2.24) is 15.0 Å². The fourth-order valence-corrected chi connectivity index (χ4v) is 2.72. The Kier molecular flexibility index (Phi) is 3.62. The van der Waals surface area contributed by atoms with Crippen molar-refractivity contribution in [3.05, 3.63) is 5.69 Å². The summed E-state index contributed by atoms with van der Waals surface area (Å²) in [6.45, 7) is 10.9. The van der Waals surface area contributed by atoms with Crippen LogP contribution >= 0.6 is 0 Å².